The van der Waals surface area contributed by atoms with E-state index in [0.717, 1.165) is 29.1 Å². The predicted molar refractivity (Wildman–Crippen MR) is 61.8 cm³/mol. The molecule has 0 radical (unpaired) electrons. The Kier molecular flexibility index (Phi) is 3.14. The summed E-state index contributed by atoms with van der Waals surface area (Å²) in [6.07, 6.45) is 0.968. The average Bonchev–Trinajstić information content (AvgIpc) is 2.35. The van der Waals surface area contributed by atoms with Crippen LogP contribution in [-0.4, -0.2) is 5.75 Å². The number of hydrogen-bond acceptors (Lipinski definition) is 2. The number of thioether (sulfide) groups is 1. The second kappa shape index (κ2) is 4.21. The van der Waals surface area contributed by atoms with E-state index in [0.29, 0.717) is 4.47 Å². The van der Waals surface area contributed by atoms with Crippen molar-refractivity contribution in [2.45, 2.75) is 18.2 Å². The van der Waals surface area contributed by atoms with E-state index in [9.17, 15) is 4.39 Å². The van der Waals surface area contributed by atoms with Crippen molar-refractivity contribution >= 4 is 27.7 Å². The summed E-state index contributed by atoms with van der Waals surface area (Å²) in [5, 5.41) is 0. The van der Waals surface area contributed by atoms with Gasteiger partial charge in [-0.3, -0.25) is 0 Å². The number of benzene rings is 1. The number of rotatable bonds is 0. The maximum absolute atomic E-state index is 13.3. The third-order valence-corrected chi connectivity index (χ3v) is 4.33. The summed E-state index contributed by atoms with van der Waals surface area (Å²) in [5.41, 5.74) is 8.12. The number of fused-ring (bicyclic) bond motifs is 1. The predicted octanol–water partition coefficient (Wildman–Crippen LogP) is 3.22. The average molecular weight is 276 g/mol. The van der Waals surface area contributed by atoms with Crippen molar-refractivity contribution < 1.29 is 4.39 Å². The van der Waals surface area contributed by atoms with Gasteiger partial charge in [-0.1, -0.05) is 6.07 Å². The Labute approximate surface area is 95.4 Å². The van der Waals surface area contributed by atoms with Crippen LogP contribution in [0.5, 0.6) is 0 Å². The summed E-state index contributed by atoms with van der Waals surface area (Å²) < 4.78 is 13.9. The van der Waals surface area contributed by atoms with E-state index in [1.807, 2.05) is 17.8 Å². The van der Waals surface area contributed by atoms with Crippen LogP contribution in [0.25, 0.3) is 0 Å². The SMILES string of the molecule is N[C@H]1CCSCc2c1ccc(F)c2Br. The largest absolute Gasteiger partial charge is 0.324 e. The van der Waals surface area contributed by atoms with Crippen LogP contribution in [0.15, 0.2) is 16.6 Å². The topological polar surface area (TPSA) is 26.0 Å². The molecule has 0 saturated heterocycles. The fourth-order valence-electron chi connectivity index (χ4n) is 1.64. The van der Waals surface area contributed by atoms with Gasteiger partial charge < -0.3 is 5.73 Å². The van der Waals surface area contributed by atoms with Gasteiger partial charge in [0.15, 0.2) is 0 Å². The smallest absolute Gasteiger partial charge is 0.137 e. The summed E-state index contributed by atoms with van der Waals surface area (Å²) in [7, 11) is 0. The van der Waals surface area contributed by atoms with Crippen LogP contribution >= 0.6 is 27.7 Å². The Balaban J connectivity index is 2.53. The molecule has 1 atom stereocenters. The Morgan fingerprint density at radius 1 is 1.50 bits per heavy atom. The first kappa shape index (κ1) is 10.5. The van der Waals surface area contributed by atoms with Gasteiger partial charge in [0.05, 0.1) is 4.47 Å². The molecule has 76 valence electrons. The fourth-order valence-corrected chi connectivity index (χ4v) is 3.41. The van der Waals surface area contributed by atoms with Crippen molar-refractivity contribution in [1.82, 2.24) is 0 Å². The lowest BCUT2D eigenvalue weighted by molar-refractivity contribution is 0.614. The van der Waals surface area contributed by atoms with Crippen molar-refractivity contribution in [3.63, 3.8) is 0 Å². The molecule has 0 saturated carbocycles. The molecule has 0 fully saturated rings. The molecule has 0 aromatic heterocycles. The first-order valence-corrected chi connectivity index (χ1v) is 6.45. The van der Waals surface area contributed by atoms with Crippen LogP contribution in [0.1, 0.15) is 23.6 Å². The van der Waals surface area contributed by atoms with Crippen molar-refractivity contribution in [1.29, 1.82) is 0 Å². The Morgan fingerprint density at radius 3 is 3.07 bits per heavy atom. The van der Waals surface area contributed by atoms with E-state index in [2.05, 4.69) is 15.9 Å². The number of hydrogen-bond donors (Lipinski definition) is 1. The van der Waals surface area contributed by atoms with E-state index in [4.69, 9.17) is 5.73 Å². The third kappa shape index (κ3) is 1.83. The van der Waals surface area contributed by atoms with Crippen molar-refractivity contribution in [3.05, 3.63) is 33.5 Å². The molecule has 0 aliphatic carbocycles. The van der Waals surface area contributed by atoms with Crippen LogP contribution in [0.3, 0.4) is 0 Å². The molecule has 14 heavy (non-hydrogen) atoms. The lowest BCUT2D eigenvalue weighted by Gasteiger charge is -2.13. The molecule has 1 nitrogen and oxygen atoms in total. The van der Waals surface area contributed by atoms with Crippen LogP contribution < -0.4 is 5.73 Å². The third-order valence-electron chi connectivity index (χ3n) is 2.45. The molecular weight excluding hydrogens is 265 g/mol. The van der Waals surface area contributed by atoms with Crippen LogP contribution in [0, 0.1) is 5.82 Å². The fraction of sp³-hybridized carbons (Fsp3) is 0.400. The number of halogens is 2. The van der Waals surface area contributed by atoms with Crippen molar-refractivity contribution in [2.75, 3.05) is 5.75 Å². The molecule has 1 aromatic carbocycles. The van der Waals surface area contributed by atoms with Gasteiger partial charge >= 0.3 is 0 Å². The molecule has 4 heteroatoms. The standard InChI is InChI=1S/C10H11BrFNS/c11-10-7-5-14-4-3-9(13)6(7)1-2-8(10)12/h1-2,9H,3-5,13H2/t9-/m0/s1. The summed E-state index contributed by atoms with van der Waals surface area (Å²) in [6, 6.07) is 3.35. The van der Waals surface area contributed by atoms with E-state index < -0.39 is 0 Å². The van der Waals surface area contributed by atoms with Crippen molar-refractivity contribution in [2.24, 2.45) is 5.73 Å². The minimum Gasteiger partial charge on any atom is -0.324 e. The Morgan fingerprint density at radius 2 is 2.29 bits per heavy atom. The molecule has 0 spiro atoms. The van der Waals surface area contributed by atoms with Gasteiger partial charge in [0.1, 0.15) is 5.82 Å². The summed E-state index contributed by atoms with van der Waals surface area (Å²) in [4.78, 5) is 0. The first-order valence-electron chi connectivity index (χ1n) is 4.50. The number of nitrogens with two attached hydrogens (primary N) is 1. The minimum absolute atomic E-state index is 0.0527. The molecule has 2 N–H and O–H groups in total. The maximum Gasteiger partial charge on any atom is 0.137 e. The first-order chi connectivity index (χ1) is 6.70. The molecule has 0 bridgehead atoms. The van der Waals surface area contributed by atoms with E-state index in [-0.39, 0.29) is 11.9 Å². The molecule has 1 aliphatic heterocycles. The molecule has 0 unspecified atom stereocenters. The highest BCUT2D eigenvalue weighted by atomic mass is 79.9. The molecule has 1 heterocycles. The second-order valence-corrected chi connectivity index (χ2v) is 5.28. The zero-order valence-electron chi connectivity index (χ0n) is 7.59. The Hall–Kier alpha value is -0.0600. The molecule has 2 rings (SSSR count). The van der Waals surface area contributed by atoms with Gasteiger partial charge in [-0.15, -0.1) is 0 Å². The monoisotopic (exact) mass is 275 g/mol. The highest BCUT2D eigenvalue weighted by Gasteiger charge is 2.19. The summed E-state index contributed by atoms with van der Waals surface area (Å²) >= 11 is 5.09. The van der Waals surface area contributed by atoms with Gasteiger partial charge in [0.2, 0.25) is 0 Å². The van der Waals surface area contributed by atoms with Gasteiger partial charge in [0, 0.05) is 11.8 Å². The van der Waals surface area contributed by atoms with Gasteiger partial charge in [0.25, 0.3) is 0 Å². The quantitative estimate of drug-likeness (QED) is 0.787. The lowest BCUT2D eigenvalue weighted by atomic mass is 10.0. The maximum atomic E-state index is 13.3. The van der Waals surface area contributed by atoms with Crippen LogP contribution in [0.2, 0.25) is 0 Å². The highest BCUT2D eigenvalue weighted by molar-refractivity contribution is 9.10. The molecule has 1 aromatic rings. The van der Waals surface area contributed by atoms with E-state index >= 15 is 0 Å². The minimum atomic E-state index is -0.196. The van der Waals surface area contributed by atoms with Crippen molar-refractivity contribution in [3.8, 4) is 0 Å². The van der Waals surface area contributed by atoms with E-state index in [1.165, 1.54) is 6.07 Å². The second-order valence-electron chi connectivity index (χ2n) is 3.38. The van der Waals surface area contributed by atoms with Gasteiger partial charge in [-0.2, -0.15) is 11.8 Å². The molecule has 1 aliphatic rings. The summed E-state index contributed by atoms with van der Waals surface area (Å²) in [6.45, 7) is 0. The zero-order valence-corrected chi connectivity index (χ0v) is 10.00. The van der Waals surface area contributed by atoms with Crippen LogP contribution in [0.4, 0.5) is 4.39 Å². The van der Waals surface area contributed by atoms with E-state index in [1.54, 1.807) is 0 Å². The molecular formula is C10H11BrFNS. The summed E-state index contributed by atoms with van der Waals surface area (Å²) in [5.74, 6) is 1.70. The van der Waals surface area contributed by atoms with Crippen LogP contribution in [-0.2, 0) is 5.75 Å². The Bertz CT molecular complexity index is 356. The normalized spacial score (nSPS) is 21.5. The highest BCUT2D eigenvalue weighted by Crippen LogP contribution is 2.34. The molecule has 0 amide bonds. The van der Waals surface area contributed by atoms with Gasteiger partial charge in [-0.05, 0) is 45.3 Å². The van der Waals surface area contributed by atoms with Gasteiger partial charge in [-0.25, -0.2) is 4.39 Å². The zero-order chi connectivity index (χ0) is 10.1. The lowest BCUT2D eigenvalue weighted by Crippen LogP contribution is -2.11.